The van der Waals surface area contributed by atoms with E-state index in [-0.39, 0.29) is 19.3 Å². The van der Waals surface area contributed by atoms with Crippen LogP contribution in [0.15, 0.2) is 48.5 Å². The second kappa shape index (κ2) is 7.84. The van der Waals surface area contributed by atoms with Crippen molar-refractivity contribution >= 4 is 5.91 Å². The SMILES string of the molecule is COCC(=O)N(CCc1ccccc1)Cc1ccc2c(c1)OCO2. The van der Waals surface area contributed by atoms with Gasteiger partial charge in [0.1, 0.15) is 6.61 Å². The highest BCUT2D eigenvalue weighted by atomic mass is 16.7. The lowest BCUT2D eigenvalue weighted by Crippen LogP contribution is -2.35. The van der Waals surface area contributed by atoms with Crippen LogP contribution in [0.5, 0.6) is 11.5 Å². The quantitative estimate of drug-likeness (QED) is 0.784. The lowest BCUT2D eigenvalue weighted by molar-refractivity contribution is -0.135. The Bertz CT molecular complexity index is 687. The number of amides is 1. The third kappa shape index (κ3) is 4.06. The fourth-order valence-corrected chi connectivity index (χ4v) is 2.68. The number of rotatable bonds is 7. The maximum absolute atomic E-state index is 12.3. The van der Waals surface area contributed by atoms with Crippen LogP contribution in [-0.2, 0) is 22.5 Å². The highest BCUT2D eigenvalue weighted by molar-refractivity contribution is 5.77. The van der Waals surface area contributed by atoms with Gasteiger partial charge in [-0.05, 0) is 29.7 Å². The average Bonchev–Trinajstić information content (AvgIpc) is 3.07. The highest BCUT2D eigenvalue weighted by Gasteiger charge is 2.17. The topological polar surface area (TPSA) is 48.0 Å². The minimum absolute atomic E-state index is 0.0221. The number of benzene rings is 2. The van der Waals surface area contributed by atoms with Gasteiger partial charge in [0, 0.05) is 20.2 Å². The Labute approximate surface area is 141 Å². The summed E-state index contributed by atoms with van der Waals surface area (Å²) >= 11 is 0. The first-order valence-corrected chi connectivity index (χ1v) is 7.95. The van der Waals surface area contributed by atoms with E-state index in [9.17, 15) is 4.79 Å². The fourth-order valence-electron chi connectivity index (χ4n) is 2.68. The van der Waals surface area contributed by atoms with Crippen molar-refractivity contribution in [3.05, 3.63) is 59.7 Å². The number of nitrogens with zero attached hydrogens (tertiary/aromatic N) is 1. The molecule has 0 aliphatic carbocycles. The van der Waals surface area contributed by atoms with Crippen LogP contribution in [0.4, 0.5) is 0 Å². The third-order valence-corrected chi connectivity index (χ3v) is 3.94. The molecule has 0 bridgehead atoms. The van der Waals surface area contributed by atoms with Crippen LogP contribution in [-0.4, -0.2) is 37.9 Å². The molecule has 0 spiro atoms. The molecule has 0 radical (unpaired) electrons. The molecule has 0 N–H and O–H groups in total. The van der Waals surface area contributed by atoms with Gasteiger partial charge in [0.15, 0.2) is 11.5 Å². The number of carbonyl (C=O) groups excluding carboxylic acids is 1. The molecule has 1 aliphatic heterocycles. The minimum atomic E-state index is -0.0221. The van der Waals surface area contributed by atoms with E-state index in [1.165, 1.54) is 12.7 Å². The number of methoxy groups -OCH3 is 1. The summed E-state index contributed by atoms with van der Waals surface area (Å²) in [6.45, 7) is 1.49. The van der Waals surface area contributed by atoms with Gasteiger partial charge in [-0.25, -0.2) is 0 Å². The normalized spacial score (nSPS) is 12.2. The molecule has 5 heteroatoms. The van der Waals surface area contributed by atoms with Gasteiger partial charge in [-0.1, -0.05) is 36.4 Å². The van der Waals surface area contributed by atoms with Crippen LogP contribution in [0.25, 0.3) is 0 Å². The van der Waals surface area contributed by atoms with Crippen molar-refractivity contribution in [3.63, 3.8) is 0 Å². The van der Waals surface area contributed by atoms with Gasteiger partial charge in [0.2, 0.25) is 12.7 Å². The van der Waals surface area contributed by atoms with E-state index in [1.807, 2.05) is 41.3 Å². The van der Waals surface area contributed by atoms with Gasteiger partial charge in [0.25, 0.3) is 0 Å². The van der Waals surface area contributed by atoms with Crippen molar-refractivity contribution in [2.24, 2.45) is 0 Å². The van der Waals surface area contributed by atoms with Crippen molar-refractivity contribution < 1.29 is 19.0 Å². The largest absolute Gasteiger partial charge is 0.454 e. The summed E-state index contributed by atoms with van der Waals surface area (Å²) in [6.07, 6.45) is 0.806. The zero-order chi connectivity index (χ0) is 16.8. The molecular formula is C19H21NO4. The Morgan fingerprint density at radius 1 is 1.08 bits per heavy atom. The molecule has 3 rings (SSSR count). The first-order chi connectivity index (χ1) is 11.8. The lowest BCUT2D eigenvalue weighted by atomic mass is 10.1. The monoisotopic (exact) mass is 327 g/mol. The van der Waals surface area contributed by atoms with Gasteiger partial charge in [0.05, 0.1) is 0 Å². The average molecular weight is 327 g/mol. The summed E-state index contributed by atoms with van der Waals surface area (Å²) in [6, 6.07) is 15.9. The van der Waals surface area contributed by atoms with E-state index >= 15 is 0 Å². The molecule has 0 fully saturated rings. The van der Waals surface area contributed by atoms with Gasteiger partial charge in [-0.2, -0.15) is 0 Å². The second-order valence-corrected chi connectivity index (χ2v) is 5.67. The predicted octanol–water partition coefficient (Wildman–Crippen LogP) is 2.63. The Morgan fingerprint density at radius 2 is 1.88 bits per heavy atom. The highest BCUT2D eigenvalue weighted by Crippen LogP contribution is 2.32. The Morgan fingerprint density at radius 3 is 2.67 bits per heavy atom. The van der Waals surface area contributed by atoms with Crippen molar-refractivity contribution in [2.45, 2.75) is 13.0 Å². The van der Waals surface area contributed by atoms with Crippen LogP contribution >= 0.6 is 0 Å². The maximum atomic E-state index is 12.3. The summed E-state index contributed by atoms with van der Waals surface area (Å²) in [7, 11) is 1.54. The molecule has 0 atom stereocenters. The number of ether oxygens (including phenoxy) is 3. The van der Waals surface area contributed by atoms with Crippen LogP contribution < -0.4 is 9.47 Å². The first kappa shape index (κ1) is 16.3. The number of hydrogen-bond acceptors (Lipinski definition) is 4. The fraction of sp³-hybridized carbons (Fsp3) is 0.316. The van der Waals surface area contributed by atoms with E-state index in [1.54, 1.807) is 0 Å². The molecule has 24 heavy (non-hydrogen) atoms. The molecular weight excluding hydrogens is 306 g/mol. The van der Waals surface area contributed by atoms with E-state index in [4.69, 9.17) is 14.2 Å². The zero-order valence-corrected chi connectivity index (χ0v) is 13.7. The molecule has 0 saturated heterocycles. The van der Waals surface area contributed by atoms with E-state index in [2.05, 4.69) is 12.1 Å². The molecule has 0 unspecified atom stereocenters. The van der Waals surface area contributed by atoms with E-state index in [0.29, 0.717) is 13.1 Å². The van der Waals surface area contributed by atoms with E-state index in [0.717, 1.165) is 23.5 Å². The van der Waals surface area contributed by atoms with Crippen LogP contribution in [0.3, 0.4) is 0 Å². The summed E-state index contributed by atoms with van der Waals surface area (Å²) in [5.41, 5.74) is 2.22. The molecule has 2 aromatic carbocycles. The van der Waals surface area contributed by atoms with Crippen molar-refractivity contribution in [3.8, 4) is 11.5 Å². The maximum Gasteiger partial charge on any atom is 0.248 e. The summed E-state index contributed by atoms with van der Waals surface area (Å²) in [4.78, 5) is 14.2. The first-order valence-electron chi connectivity index (χ1n) is 7.95. The predicted molar refractivity (Wildman–Crippen MR) is 90.0 cm³/mol. The van der Waals surface area contributed by atoms with Crippen LogP contribution in [0.2, 0.25) is 0 Å². The number of hydrogen-bond donors (Lipinski definition) is 0. The van der Waals surface area contributed by atoms with Crippen molar-refractivity contribution in [1.82, 2.24) is 4.90 Å². The number of carbonyl (C=O) groups is 1. The standard InChI is InChI=1S/C19H21NO4/c1-22-13-19(21)20(10-9-15-5-3-2-4-6-15)12-16-7-8-17-18(11-16)24-14-23-17/h2-8,11H,9-10,12-14H2,1H3. The second-order valence-electron chi connectivity index (χ2n) is 5.67. The molecule has 1 amide bonds. The Hall–Kier alpha value is -2.53. The summed E-state index contributed by atoms with van der Waals surface area (Å²) in [5, 5.41) is 0. The van der Waals surface area contributed by atoms with Gasteiger partial charge >= 0.3 is 0 Å². The van der Waals surface area contributed by atoms with Gasteiger partial charge in [-0.3, -0.25) is 4.79 Å². The summed E-state index contributed by atoms with van der Waals surface area (Å²) < 4.78 is 15.7. The Kier molecular flexibility index (Phi) is 5.33. The lowest BCUT2D eigenvalue weighted by Gasteiger charge is -2.23. The molecule has 126 valence electrons. The smallest absolute Gasteiger partial charge is 0.248 e. The van der Waals surface area contributed by atoms with Crippen molar-refractivity contribution in [1.29, 1.82) is 0 Å². The number of fused-ring (bicyclic) bond motifs is 1. The molecule has 1 aliphatic rings. The van der Waals surface area contributed by atoms with Crippen LogP contribution in [0.1, 0.15) is 11.1 Å². The third-order valence-electron chi connectivity index (χ3n) is 3.94. The van der Waals surface area contributed by atoms with Gasteiger partial charge in [-0.15, -0.1) is 0 Å². The summed E-state index contributed by atoms with van der Waals surface area (Å²) in [5.74, 6) is 1.46. The molecule has 2 aromatic rings. The minimum Gasteiger partial charge on any atom is -0.454 e. The molecule has 5 nitrogen and oxygen atoms in total. The van der Waals surface area contributed by atoms with Gasteiger partial charge < -0.3 is 19.1 Å². The zero-order valence-electron chi connectivity index (χ0n) is 13.7. The molecule has 0 saturated carbocycles. The van der Waals surface area contributed by atoms with Crippen molar-refractivity contribution in [2.75, 3.05) is 27.1 Å². The Balaban J connectivity index is 1.68. The molecule has 0 aromatic heterocycles. The molecule has 1 heterocycles. The van der Waals surface area contributed by atoms with Crippen LogP contribution in [0, 0.1) is 0 Å². The van der Waals surface area contributed by atoms with E-state index < -0.39 is 0 Å².